The Morgan fingerprint density at radius 3 is 2.94 bits per heavy atom. The van der Waals surface area contributed by atoms with Crippen molar-refractivity contribution < 1.29 is 18.3 Å². The molecule has 1 aromatic rings. The molecule has 0 saturated heterocycles. The Labute approximate surface area is 101 Å². The van der Waals surface area contributed by atoms with E-state index >= 15 is 0 Å². The van der Waals surface area contributed by atoms with E-state index in [0.717, 1.165) is 24.0 Å². The first-order valence-electron chi connectivity index (χ1n) is 5.57. The highest BCUT2D eigenvalue weighted by Crippen LogP contribution is 2.33. The van der Waals surface area contributed by atoms with E-state index in [9.17, 15) is 13.5 Å². The second-order valence-electron chi connectivity index (χ2n) is 4.39. The molecule has 2 rings (SSSR count). The Kier molecular flexibility index (Phi) is 3.40. The third-order valence-electron chi connectivity index (χ3n) is 2.88. The molecule has 0 amide bonds. The summed E-state index contributed by atoms with van der Waals surface area (Å²) in [5.74, 6) is 0.689. The van der Waals surface area contributed by atoms with Crippen LogP contribution in [-0.4, -0.2) is 32.1 Å². The summed E-state index contributed by atoms with van der Waals surface area (Å²) >= 11 is 0. The topological polar surface area (TPSA) is 63.6 Å². The van der Waals surface area contributed by atoms with Crippen LogP contribution in [-0.2, 0) is 16.3 Å². The first kappa shape index (κ1) is 12.4. The fraction of sp³-hybridized carbons (Fsp3) is 0.500. The van der Waals surface area contributed by atoms with E-state index in [1.165, 1.54) is 6.26 Å². The summed E-state index contributed by atoms with van der Waals surface area (Å²) in [6, 6.07) is 5.51. The lowest BCUT2D eigenvalue weighted by Crippen LogP contribution is -2.12. The Balaban J connectivity index is 1.99. The number of rotatable bonds is 4. The fourth-order valence-corrected chi connectivity index (χ4v) is 2.36. The van der Waals surface area contributed by atoms with Crippen LogP contribution in [0.25, 0.3) is 0 Å². The Hall–Kier alpha value is -1.07. The SMILES string of the molecule is CS(=O)(=O)CCOc1ccc2c(c1)CC[C@H]2O. The molecule has 0 heterocycles. The van der Waals surface area contributed by atoms with Crippen LogP contribution < -0.4 is 4.74 Å². The van der Waals surface area contributed by atoms with Gasteiger partial charge in [-0.15, -0.1) is 0 Å². The van der Waals surface area contributed by atoms with Gasteiger partial charge in [-0.1, -0.05) is 6.07 Å². The molecule has 5 heteroatoms. The lowest BCUT2D eigenvalue weighted by molar-refractivity contribution is 0.180. The summed E-state index contributed by atoms with van der Waals surface area (Å²) in [7, 11) is -2.98. The summed E-state index contributed by atoms with van der Waals surface area (Å²) in [5.41, 5.74) is 2.05. The normalized spacial score (nSPS) is 19.1. The van der Waals surface area contributed by atoms with Crippen LogP contribution in [0.4, 0.5) is 0 Å². The van der Waals surface area contributed by atoms with Gasteiger partial charge in [0.1, 0.15) is 12.4 Å². The molecule has 1 aliphatic rings. The molecular formula is C12H16O4S. The third-order valence-corrected chi connectivity index (χ3v) is 3.79. The first-order chi connectivity index (χ1) is 7.96. The summed E-state index contributed by atoms with van der Waals surface area (Å²) in [4.78, 5) is 0. The molecular weight excluding hydrogens is 240 g/mol. The molecule has 1 N–H and O–H groups in total. The number of ether oxygens (including phenoxy) is 1. The number of aliphatic hydroxyl groups excluding tert-OH is 1. The predicted octanol–water partition coefficient (Wildman–Crippen LogP) is 1.09. The number of hydrogen-bond donors (Lipinski definition) is 1. The van der Waals surface area contributed by atoms with Crippen LogP contribution in [0.1, 0.15) is 23.7 Å². The van der Waals surface area contributed by atoms with E-state index in [2.05, 4.69) is 0 Å². The van der Waals surface area contributed by atoms with Gasteiger partial charge in [-0.2, -0.15) is 0 Å². The van der Waals surface area contributed by atoms with Gasteiger partial charge in [-0.05, 0) is 36.1 Å². The zero-order chi connectivity index (χ0) is 12.5. The van der Waals surface area contributed by atoms with Gasteiger partial charge in [0, 0.05) is 6.26 Å². The van der Waals surface area contributed by atoms with Gasteiger partial charge < -0.3 is 9.84 Å². The standard InChI is InChI=1S/C12H16O4S/c1-17(14,15)7-6-16-10-3-4-11-9(8-10)2-5-12(11)13/h3-4,8,12-13H,2,5-7H2,1H3/t12-/m1/s1. The van der Waals surface area contributed by atoms with Crippen LogP contribution in [0.15, 0.2) is 18.2 Å². The lowest BCUT2D eigenvalue weighted by Gasteiger charge is -2.08. The van der Waals surface area contributed by atoms with Crippen molar-refractivity contribution in [2.75, 3.05) is 18.6 Å². The molecule has 0 aromatic heterocycles. The van der Waals surface area contributed by atoms with Crippen LogP contribution in [0.2, 0.25) is 0 Å². The highest BCUT2D eigenvalue weighted by Gasteiger charge is 2.20. The first-order valence-corrected chi connectivity index (χ1v) is 7.63. The number of sulfone groups is 1. The van der Waals surface area contributed by atoms with E-state index in [1.54, 1.807) is 6.07 Å². The number of aryl methyl sites for hydroxylation is 1. The molecule has 0 unspecified atom stereocenters. The number of benzene rings is 1. The van der Waals surface area contributed by atoms with E-state index in [-0.39, 0.29) is 18.5 Å². The average Bonchev–Trinajstić information content (AvgIpc) is 2.58. The fourth-order valence-electron chi connectivity index (χ4n) is 1.97. The zero-order valence-corrected chi connectivity index (χ0v) is 10.5. The van der Waals surface area contributed by atoms with Gasteiger partial charge >= 0.3 is 0 Å². The second kappa shape index (κ2) is 4.66. The van der Waals surface area contributed by atoms with Gasteiger partial charge in [0.25, 0.3) is 0 Å². The van der Waals surface area contributed by atoms with Crippen molar-refractivity contribution in [3.8, 4) is 5.75 Å². The molecule has 0 radical (unpaired) electrons. The van der Waals surface area contributed by atoms with Gasteiger partial charge in [0.15, 0.2) is 9.84 Å². The highest BCUT2D eigenvalue weighted by molar-refractivity contribution is 7.90. The van der Waals surface area contributed by atoms with Crippen LogP contribution in [0.5, 0.6) is 5.75 Å². The monoisotopic (exact) mass is 256 g/mol. The maximum atomic E-state index is 10.9. The summed E-state index contributed by atoms with van der Waals surface area (Å²) in [5, 5.41) is 9.63. The van der Waals surface area contributed by atoms with Crippen LogP contribution in [0, 0.1) is 0 Å². The maximum absolute atomic E-state index is 10.9. The molecule has 0 spiro atoms. The number of aliphatic hydroxyl groups is 1. The predicted molar refractivity (Wildman–Crippen MR) is 64.9 cm³/mol. The van der Waals surface area contributed by atoms with Gasteiger partial charge in [0.2, 0.25) is 0 Å². The Morgan fingerprint density at radius 2 is 2.24 bits per heavy atom. The van der Waals surface area contributed by atoms with Gasteiger partial charge in [-0.3, -0.25) is 0 Å². The molecule has 17 heavy (non-hydrogen) atoms. The maximum Gasteiger partial charge on any atom is 0.150 e. The van der Waals surface area contributed by atoms with Crippen molar-refractivity contribution in [2.24, 2.45) is 0 Å². The van der Waals surface area contributed by atoms with Crippen LogP contribution >= 0.6 is 0 Å². The molecule has 1 aromatic carbocycles. The van der Waals surface area contributed by atoms with Crippen molar-refractivity contribution in [3.05, 3.63) is 29.3 Å². The van der Waals surface area contributed by atoms with Gasteiger partial charge in [0.05, 0.1) is 11.9 Å². The molecule has 0 saturated carbocycles. The van der Waals surface area contributed by atoms with Crippen molar-refractivity contribution in [3.63, 3.8) is 0 Å². The van der Waals surface area contributed by atoms with E-state index in [0.29, 0.717) is 5.75 Å². The lowest BCUT2D eigenvalue weighted by atomic mass is 10.1. The largest absolute Gasteiger partial charge is 0.493 e. The third kappa shape index (κ3) is 3.20. The summed E-state index contributed by atoms with van der Waals surface area (Å²) in [6.45, 7) is 0.167. The summed E-state index contributed by atoms with van der Waals surface area (Å²) < 4.78 is 27.3. The molecule has 94 valence electrons. The average molecular weight is 256 g/mol. The van der Waals surface area contributed by atoms with E-state index in [4.69, 9.17) is 4.74 Å². The van der Waals surface area contributed by atoms with Gasteiger partial charge in [-0.25, -0.2) is 8.42 Å². The molecule has 0 bridgehead atoms. The van der Waals surface area contributed by atoms with Crippen molar-refractivity contribution >= 4 is 9.84 Å². The van der Waals surface area contributed by atoms with Crippen LogP contribution in [0.3, 0.4) is 0 Å². The van der Waals surface area contributed by atoms with E-state index in [1.807, 2.05) is 12.1 Å². The molecule has 1 aliphatic carbocycles. The molecule has 0 fully saturated rings. The number of fused-ring (bicyclic) bond motifs is 1. The minimum Gasteiger partial charge on any atom is -0.493 e. The van der Waals surface area contributed by atoms with Crippen molar-refractivity contribution in [1.29, 1.82) is 0 Å². The summed E-state index contributed by atoms with van der Waals surface area (Å²) in [6.07, 6.45) is 2.42. The highest BCUT2D eigenvalue weighted by atomic mass is 32.2. The molecule has 4 nitrogen and oxygen atoms in total. The molecule has 0 aliphatic heterocycles. The molecule has 1 atom stereocenters. The second-order valence-corrected chi connectivity index (χ2v) is 6.65. The van der Waals surface area contributed by atoms with Crippen molar-refractivity contribution in [2.45, 2.75) is 18.9 Å². The quantitative estimate of drug-likeness (QED) is 0.876. The smallest absolute Gasteiger partial charge is 0.150 e. The number of hydrogen-bond acceptors (Lipinski definition) is 4. The van der Waals surface area contributed by atoms with Crippen molar-refractivity contribution in [1.82, 2.24) is 0 Å². The minimum absolute atomic E-state index is 0.0205. The minimum atomic E-state index is -2.98. The Bertz CT molecular complexity index is 507. The van der Waals surface area contributed by atoms with E-state index < -0.39 is 9.84 Å². The zero-order valence-electron chi connectivity index (χ0n) is 9.72. The Morgan fingerprint density at radius 1 is 1.47 bits per heavy atom.